The Balaban J connectivity index is 4.00. The maximum Gasteiger partial charge on any atom is 0.260 e. The molecule has 0 heterocycles. The number of alkyl halides is 2. The minimum Gasteiger partial charge on any atom is -0.399 e. The second kappa shape index (κ2) is 3.22. The molecule has 0 aliphatic heterocycles. The SMILES string of the molecule is C=C(N)/C=C(\C)C(F)F. The van der Waals surface area contributed by atoms with Gasteiger partial charge in [0.25, 0.3) is 6.43 Å². The van der Waals surface area contributed by atoms with Gasteiger partial charge < -0.3 is 5.73 Å². The van der Waals surface area contributed by atoms with Crippen LogP contribution in [0.4, 0.5) is 8.78 Å². The van der Waals surface area contributed by atoms with Gasteiger partial charge in [0, 0.05) is 5.70 Å². The molecule has 0 aromatic rings. The minimum absolute atomic E-state index is 0.0532. The van der Waals surface area contributed by atoms with E-state index >= 15 is 0 Å². The van der Waals surface area contributed by atoms with Gasteiger partial charge in [-0.15, -0.1) is 0 Å². The van der Waals surface area contributed by atoms with Crippen molar-refractivity contribution in [2.24, 2.45) is 5.73 Å². The minimum atomic E-state index is -2.43. The predicted molar refractivity (Wildman–Crippen MR) is 33.1 cm³/mol. The number of rotatable bonds is 2. The number of halogens is 2. The molecule has 0 unspecified atom stereocenters. The van der Waals surface area contributed by atoms with E-state index in [0.29, 0.717) is 0 Å². The first-order valence-electron chi connectivity index (χ1n) is 2.44. The van der Waals surface area contributed by atoms with Gasteiger partial charge in [-0.25, -0.2) is 8.78 Å². The van der Waals surface area contributed by atoms with E-state index in [9.17, 15) is 8.78 Å². The van der Waals surface area contributed by atoms with Crippen LogP contribution in [-0.4, -0.2) is 6.43 Å². The van der Waals surface area contributed by atoms with Crippen LogP contribution >= 0.6 is 0 Å². The lowest BCUT2D eigenvalue weighted by Crippen LogP contribution is -1.96. The molecule has 0 rings (SSSR count). The molecule has 3 heteroatoms. The number of hydrogen-bond acceptors (Lipinski definition) is 1. The molecule has 0 spiro atoms. The van der Waals surface area contributed by atoms with Crippen molar-refractivity contribution in [1.29, 1.82) is 0 Å². The molecule has 0 aliphatic rings. The van der Waals surface area contributed by atoms with Crippen LogP contribution in [0.5, 0.6) is 0 Å². The van der Waals surface area contributed by atoms with E-state index in [1.54, 1.807) is 0 Å². The van der Waals surface area contributed by atoms with Crippen molar-refractivity contribution in [1.82, 2.24) is 0 Å². The molecule has 52 valence electrons. The zero-order valence-corrected chi connectivity index (χ0v) is 5.20. The van der Waals surface area contributed by atoms with Gasteiger partial charge in [0.05, 0.1) is 0 Å². The monoisotopic (exact) mass is 133 g/mol. The van der Waals surface area contributed by atoms with Crippen LogP contribution in [0, 0.1) is 0 Å². The lowest BCUT2D eigenvalue weighted by molar-refractivity contribution is 0.190. The maximum absolute atomic E-state index is 11.6. The van der Waals surface area contributed by atoms with E-state index in [1.165, 1.54) is 6.92 Å². The largest absolute Gasteiger partial charge is 0.399 e. The highest BCUT2D eigenvalue weighted by Gasteiger charge is 2.02. The first kappa shape index (κ1) is 8.14. The summed E-state index contributed by atoms with van der Waals surface area (Å²) in [7, 11) is 0. The van der Waals surface area contributed by atoms with Gasteiger partial charge in [0.2, 0.25) is 0 Å². The Bertz CT molecular complexity index is 138. The average molecular weight is 133 g/mol. The summed E-state index contributed by atoms with van der Waals surface area (Å²) in [5, 5.41) is 0. The number of allylic oxidation sites excluding steroid dienone is 2. The molecule has 0 bridgehead atoms. The molecule has 0 aromatic carbocycles. The molecule has 0 saturated heterocycles. The van der Waals surface area contributed by atoms with E-state index < -0.39 is 6.43 Å². The van der Waals surface area contributed by atoms with Crippen molar-refractivity contribution < 1.29 is 8.78 Å². The predicted octanol–water partition coefficient (Wildman–Crippen LogP) is 1.67. The molecule has 0 amide bonds. The standard InChI is InChI=1S/C6H9F2N/c1-4(6(7)8)3-5(2)9/h3,6H,2,9H2,1H3/b4-3+. The van der Waals surface area contributed by atoms with Gasteiger partial charge >= 0.3 is 0 Å². The van der Waals surface area contributed by atoms with Crippen molar-refractivity contribution >= 4 is 0 Å². The molecule has 0 aliphatic carbocycles. The fraction of sp³-hybridized carbons (Fsp3) is 0.333. The maximum atomic E-state index is 11.6. The second-order valence-corrected chi connectivity index (χ2v) is 1.76. The highest BCUT2D eigenvalue weighted by atomic mass is 19.3. The summed E-state index contributed by atoms with van der Waals surface area (Å²) >= 11 is 0. The summed E-state index contributed by atoms with van der Waals surface area (Å²) < 4.78 is 23.2. The van der Waals surface area contributed by atoms with Gasteiger partial charge in [-0.1, -0.05) is 6.58 Å². The van der Waals surface area contributed by atoms with Gasteiger partial charge in [-0.2, -0.15) is 0 Å². The van der Waals surface area contributed by atoms with Crippen LogP contribution in [0.2, 0.25) is 0 Å². The lowest BCUT2D eigenvalue weighted by Gasteiger charge is -1.96. The molecule has 9 heavy (non-hydrogen) atoms. The van der Waals surface area contributed by atoms with Crippen molar-refractivity contribution in [3.8, 4) is 0 Å². The molecular formula is C6H9F2N. The zero-order valence-electron chi connectivity index (χ0n) is 5.20. The summed E-state index contributed by atoms with van der Waals surface area (Å²) in [5.41, 5.74) is 5.13. The normalized spacial score (nSPS) is 12.2. The molecule has 2 N–H and O–H groups in total. The summed E-state index contributed by atoms with van der Waals surface area (Å²) in [5.74, 6) is 0. The topological polar surface area (TPSA) is 26.0 Å². The molecule has 1 nitrogen and oxygen atoms in total. The highest BCUT2D eigenvalue weighted by molar-refractivity contribution is 5.17. The van der Waals surface area contributed by atoms with Crippen molar-refractivity contribution in [2.75, 3.05) is 0 Å². The third-order valence-electron chi connectivity index (χ3n) is 0.757. The quantitative estimate of drug-likeness (QED) is 0.570. The Kier molecular flexibility index (Phi) is 2.91. The smallest absolute Gasteiger partial charge is 0.260 e. The first-order chi connectivity index (χ1) is 4.04. The fourth-order valence-corrected chi connectivity index (χ4v) is 0.355. The van der Waals surface area contributed by atoms with Crippen LogP contribution in [0.1, 0.15) is 6.92 Å². The highest BCUT2D eigenvalue weighted by Crippen LogP contribution is 2.07. The van der Waals surface area contributed by atoms with Gasteiger partial charge in [0.15, 0.2) is 0 Å². The Labute approximate surface area is 52.9 Å². The summed E-state index contributed by atoms with van der Waals surface area (Å²) in [6.07, 6.45) is -1.27. The summed E-state index contributed by atoms with van der Waals surface area (Å²) in [4.78, 5) is 0. The third-order valence-corrected chi connectivity index (χ3v) is 0.757. The van der Waals surface area contributed by atoms with Crippen LogP contribution < -0.4 is 5.73 Å². The van der Waals surface area contributed by atoms with Crippen LogP contribution in [0.15, 0.2) is 23.9 Å². The lowest BCUT2D eigenvalue weighted by atomic mass is 10.3. The molecule has 0 radical (unpaired) electrons. The van der Waals surface area contributed by atoms with Crippen LogP contribution in [0.3, 0.4) is 0 Å². The zero-order chi connectivity index (χ0) is 7.44. The van der Waals surface area contributed by atoms with Crippen molar-refractivity contribution in [3.05, 3.63) is 23.9 Å². The molecule has 0 atom stereocenters. The first-order valence-corrected chi connectivity index (χ1v) is 2.44. The van der Waals surface area contributed by atoms with Crippen molar-refractivity contribution in [3.63, 3.8) is 0 Å². The van der Waals surface area contributed by atoms with Crippen LogP contribution in [-0.2, 0) is 0 Å². The van der Waals surface area contributed by atoms with Gasteiger partial charge in [-0.05, 0) is 18.6 Å². The molecule has 0 saturated carbocycles. The summed E-state index contributed by atoms with van der Waals surface area (Å²) in [6.45, 7) is 4.55. The van der Waals surface area contributed by atoms with E-state index in [0.717, 1.165) is 6.08 Å². The van der Waals surface area contributed by atoms with Gasteiger partial charge in [-0.3, -0.25) is 0 Å². The van der Waals surface area contributed by atoms with E-state index in [-0.39, 0.29) is 11.3 Å². The fourth-order valence-electron chi connectivity index (χ4n) is 0.355. The Hall–Kier alpha value is -0.860. The van der Waals surface area contributed by atoms with E-state index in [2.05, 4.69) is 6.58 Å². The second-order valence-electron chi connectivity index (χ2n) is 1.76. The molecule has 0 aromatic heterocycles. The van der Waals surface area contributed by atoms with Crippen molar-refractivity contribution in [2.45, 2.75) is 13.3 Å². The number of nitrogens with two attached hydrogens (primary N) is 1. The van der Waals surface area contributed by atoms with E-state index in [1.807, 2.05) is 0 Å². The third kappa shape index (κ3) is 3.70. The summed E-state index contributed by atoms with van der Waals surface area (Å²) in [6, 6.07) is 0. The Morgan fingerprint density at radius 3 is 2.22 bits per heavy atom. The number of hydrogen-bond donors (Lipinski definition) is 1. The van der Waals surface area contributed by atoms with E-state index in [4.69, 9.17) is 5.73 Å². The van der Waals surface area contributed by atoms with Gasteiger partial charge in [0.1, 0.15) is 0 Å². The molecular weight excluding hydrogens is 124 g/mol. The molecule has 0 fully saturated rings. The Morgan fingerprint density at radius 2 is 2.11 bits per heavy atom. The average Bonchev–Trinajstić information content (AvgIpc) is 1.63. The Morgan fingerprint density at radius 1 is 1.67 bits per heavy atom. The van der Waals surface area contributed by atoms with Crippen LogP contribution in [0.25, 0.3) is 0 Å².